The predicted octanol–water partition coefficient (Wildman–Crippen LogP) is 3.02. The fraction of sp³-hybridized carbons (Fsp3) is 0.0833. The molecule has 1 N–H and O–H groups in total. The molecule has 0 aliphatic carbocycles. The minimum absolute atomic E-state index is 1.15. The van der Waals surface area contributed by atoms with Crippen molar-refractivity contribution in [3.8, 4) is 0 Å². The molecule has 3 rings (SSSR count). The fourth-order valence-electron chi connectivity index (χ4n) is 1.85. The largest absolute Gasteiger partial charge is 0.354 e. The summed E-state index contributed by atoms with van der Waals surface area (Å²) in [5, 5.41) is 2.46. The molecule has 2 nitrogen and oxygen atoms in total. The number of nitrogens with one attached hydrogen (secondary N) is 1. The van der Waals surface area contributed by atoms with Crippen LogP contribution < -0.4 is 0 Å². The lowest BCUT2D eigenvalue weighted by molar-refractivity contribution is 1.36. The van der Waals surface area contributed by atoms with E-state index in [-0.39, 0.29) is 0 Å². The molecule has 0 aliphatic rings. The van der Waals surface area contributed by atoms with E-state index in [0.717, 1.165) is 5.52 Å². The summed E-state index contributed by atoms with van der Waals surface area (Å²) in [6.45, 7) is 2.11. The van der Waals surface area contributed by atoms with Crippen LogP contribution in [-0.4, -0.2) is 9.97 Å². The SMILES string of the molecule is Cc1ccc2[nH]c3ccncc3c2c1. The maximum absolute atomic E-state index is 4.14. The van der Waals surface area contributed by atoms with Gasteiger partial charge in [-0.25, -0.2) is 0 Å². The number of benzene rings is 1. The summed E-state index contributed by atoms with van der Waals surface area (Å²) in [5.74, 6) is 0. The van der Waals surface area contributed by atoms with Crippen LogP contribution in [-0.2, 0) is 0 Å². The van der Waals surface area contributed by atoms with Crippen LogP contribution in [0.4, 0.5) is 0 Å². The quantitative estimate of drug-likeness (QED) is 0.568. The smallest absolute Gasteiger partial charge is 0.0495 e. The van der Waals surface area contributed by atoms with E-state index in [0.29, 0.717) is 0 Å². The second-order valence-corrected chi connectivity index (χ2v) is 3.60. The first-order chi connectivity index (χ1) is 6.84. The highest BCUT2D eigenvalue weighted by Crippen LogP contribution is 2.24. The molecule has 0 bridgehead atoms. The molecule has 0 spiro atoms. The van der Waals surface area contributed by atoms with Crippen molar-refractivity contribution < 1.29 is 0 Å². The Balaban J connectivity index is 2.58. The highest BCUT2D eigenvalue weighted by atomic mass is 14.7. The summed E-state index contributed by atoms with van der Waals surface area (Å²) in [5.41, 5.74) is 3.61. The molecule has 0 saturated carbocycles. The van der Waals surface area contributed by atoms with Gasteiger partial charge in [0.05, 0.1) is 0 Å². The van der Waals surface area contributed by atoms with E-state index in [1.54, 1.807) is 0 Å². The van der Waals surface area contributed by atoms with Crippen molar-refractivity contribution in [3.63, 3.8) is 0 Å². The third kappa shape index (κ3) is 0.940. The lowest BCUT2D eigenvalue weighted by Crippen LogP contribution is -1.71. The Hall–Kier alpha value is -1.83. The van der Waals surface area contributed by atoms with Gasteiger partial charge in [-0.15, -0.1) is 0 Å². The Labute approximate surface area is 81.6 Å². The van der Waals surface area contributed by atoms with Gasteiger partial charge in [-0.3, -0.25) is 4.98 Å². The summed E-state index contributed by atoms with van der Waals surface area (Å²) in [4.78, 5) is 7.51. The van der Waals surface area contributed by atoms with Gasteiger partial charge in [-0.1, -0.05) is 11.6 Å². The number of pyridine rings is 1. The van der Waals surface area contributed by atoms with Crippen LogP contribution in [0.15, 0.2) is 36.7 Å². The molecule has 0 unspecified atom stereocenters. The van der Waals surface area contributed by atoms with Gasteiger partial charge >= 0.3 is 0 Å². The van der Waals surface area contributed by atoms with Crippen molar-refractivity contribution in [2.24, 2.45) is 0 Å². The number of nitrogens with zero attached hydrogens (tertiary/aromatic N) is 1. The van der Waals surface area contributed by atoms with Crippen molar-refractivity contribution in [2.45, 2.75) is 6.92 Å². The first-order valence-electron chi connectivity index (χ1n) is 4.67. The first-order valence-corrected chi connectivity index (χ1v) is 4.67. The second-order valence-electron chi connectivity index (χ2n) is 3.60. The van der Waals surface area contributed by atoms with E-state index in [1.165, 1.54) is 21.9 Å². The van der Waals surface area contributed by atoms with Gasteiger partial charge in [0.2, 0.25) is 0 Å². The zero-order chi connectivity index (χ0) is 9.54. The van der Waals surface area contributed by atoms with Gasteiger partial charge in [0.25, 0.3) is 0 Å². The minimum Gasteiger partial charge on any atom is -0.354 e. The number of fused-ring (bicyclic) bond motifs is 3. The van der Waals surface area contributed by atoms with E-state index >= 15 is 0 Å². The summed E-state index contributed by atoms with van der Waals surface area (Å²) < 4.78 is 0. The molecule has 2 heterocycles. The monoisotopic (exact) mass is 182 g/mol. The molecule has 0 saturated heterocycles. The van der Waals surface area contributed by atoms with E-state index in [9.17, 15) is 0 Å². The highest BCUT2D eigenvalue weighted by molar-refractivity contribution is 6.06. The molecule has 1 aromatic carbocycles. The number of hydrogen-bond acceptors (Lipinski definition) is 1. The average molecular weight is 182 g/mol. The van der Waals surface area contributed by atoms with Crippen LogP contribution >= 0.6 is 0 Å². The van der Waals surface area contributed by atoms with E-state index < -0.39 is 0 Å². The normalized spacial score (nSPS) is 11.2. The topological polar surface area (TPSA) is 28.7 Å². The predicted molar refractivity (Wildman–Crippen MR) is 58.3 cm³/mol. The van der Waals surface area contributed by atoms with Gasteiger partial charge in [0.1, 0.15) is 0 Å². The summed E-state index contributed by atoms with van der Waals surface area (Å²) in [6.07, 6.45) is 3.72. The first kappa shape index (κ1) is 7.56. The van der Waals surface area contributed by atoms with Crippen LogP contribution in [0.5, 0.6) is 0 Å². The molecular formula is C12H10N2. The number of hydrogen-bond donors (Lipinski definition) is 1. The molecule has 2 aromatic heterocycles. The van der Waals surface area contributed by atoms with Crippen LogP contribution in [0, 0.1) is 6.92 Å². The van der Waals surface area contributed by atoms with Gasteiger partial charge in [0.15, 0.2) is 0 Å². The molecule has 68 valence electrons. The Bertz CT molecular complexity index is 608. The van der Waals surface area contributed by atoms with Crippen LogP contribution in [0.1, 0.15) is 5.56 Å². The summed E-state index contributed by atoms with van der Waals surface area (Å²) in [6, 6.07) is 8.43. The maximum Gasteiger partial charge on any atom is 0.0495 e. The van der Waals surface area contributed by atoms with Crippen LogP contribution in [0.2, 0.25) is 0 Å². The van der Waals surface area contributed by atoms with Crippen molar-refractivity contribution in [1.82, 2.24) is 9.97 Å². The molecule has 0 amide bonds. The molecule has 14 heavy (non-hydrogen) atoms. The standard InChI is InChI=1S/C12H10N2/c1-8-2-3-11-9(6-8)10-7-13-5-4-12(10)14-11/h2-7,14H,1H3. The lowest BCUT2D eigenvalue weighted by atomic mass is 10.1. The Morgan fingerprint density at radius 2 is 1.93 bits per heavy atom. The van der Waals surface area contributed by atoms with Gasteiger partial charge in [-0.2, -0.15) is 0 Å². The van der Waals surface area contributed by atoms with Crippen molar-refractivity contribution in [2.75, 3.05) is 0 Å². The third-order valence-electron chi connectivity index (χ3n) is 2.56. The molecule has 0 aliphatic heterocycles. The Kier molecular flexibility index (Phi) is 1.39. The Morgan fingerprint density at radius 3 is 2.86 bits per heavy atom. The summed E-state index contributed by atoms with van der Waals surface area (Å²) in [7, 11) is 0. The van der Waals surface area contributed by atoms with Crippen molar-refractivity contribution in [1.29, 1.82) is 0 Å². The average Bonchev–Trinajstić information content (AvgIpc) is 2.56. The molecular weight excluding hydrogens is 172 g/mol. The van der Waals surface area contributed by atoms with Gasteiger partial charge in [-0.05, 0) is 25.1 Å². The lowest BCUT2D eigenvalue weighted by Gasteiger charge is -1.92. The zero-order valence-corrected chi connectivity index (χ0v) is 7.91. The molecule has 0 fully saturated rings. The number of aromatic nitrogens is 2. The number of rotatable bonds is 0. The molecule has 3 aromatic rings. The molecule has 0 atom stereocenters. The number of H-pyrrole nitrogens is 1. The highest BCUT2D eigenvalue weighted by Gasteiger charge is 2.02. The summed E-state index contributed by atoms with van der Waals surface area (Å²) >= 11 is 0. The van der Waals surface area contributed by atoms with E-state index in [4.69, 9.17) is 0 Å². The Morgan fingerprint density at radius 1 is 1.07 bits per heavy atom. The van der Waals surface area contributed by atoms with Gasteiger partial charge in [0, 0.05) is 34.2 Å². The third-order valence-corrected chi connectivity index (χ3v) is 2.56. The maximum atomic E-state index is 4.14. The van der Waals surface area contributed by atoms with Crippen LogP contribution in [0.3, 0.4) is 0 Å². The zero-order valence-electron chi connectivity index (χ0n) is 7.91. The fourth-order valence-corrected chi connectivity index (χ4v) is 1.85. The molecule has 2 heteroatoms. The number of aryl methyl sites for hydroxylation is 1. The minimum atomic E-state index is 1.15. The van der Waals surface area contributed by atoms with E-state index in [1.807, 2.05) is 18.5 Å². The second kappa shape index (κ2) is 2.58. The molecule has 0 radical (unpaired) electrons. The van der Waals surface area contributed by atoms with Crippen molar-refractivity contribution >= 4 is 21.8 Å². The number of aromatic amines is 1. The van der Waals surface area contributed by atoms with Crippen molar-refractivity contribution in [3.05, 3.63) is 42.2 Å². The van der Waals surface area contributed by atoms with Crippen LogP contribution in [0.25, 0.3) is 21.8 Å². The van der Waals surface area contributed by atoms with Gasteiger partial charge < -0.3 is 4.98 Å². The van der Waals surface area contributed by atoms with E-state index in [2.05, 4.69) is 35.1 Å².